The molecule has 3 N–H and O–H groups in total. The van der Waals surface area contributed by atoms with Crippen LogP contribution in [0, 0.1) is 5.41 Å². The number of nitrogens with one attached hydrogen (secondary N) is 2. The molecule has 0 radical (unpaired) electrons. The van der Waals surface area contributed by atoms with Gasteiger partial charge in [0.2, 0.25) is 11.8 Å². The zero-order valence-electron chi connectivity index (χ0n) is 13.3. The van der Waals surface area contributed by atoms with Crippen LogP contribution < -0.4 is 5.32 Å². The van der Waals surface area contributed by atoms with Crippen LogP contribution in [0.3, 0.4) is 0 Å². The lowest BCUT2D eigenvalue weighted by Gasteiger charge is -2.53. The minimum Gasteiger partial charge on any atom is -0.479 e. The van der Waals surface area contributed by atoms with Crippen molar-refractivity contribution >= 4 is 46.6 Å². The van der Waals surface area contributed by atoms with E-state index >= 15 is 0 Å². The number of carboxylic acids is 1. The Balaban J connectivity index is 1.71. The number of fused-ring (bicyclic) bond motifs is 1. The minimum atomic E-state index is -1.35. The number of rotatable bonds is 6. The van der Waals surface area contributed by atoms with E-state index in [2.05, 4.69) is 5.32 Å². The van der Waals surface area contributed by atoms with Crippen LogP contribution in [0.4, 0.5) is 0 Å². The molecule has 2 fully saturated rings. The zero-order valence-corrected chi connectivity index (χ0v) is 14.9. The Morgan fingerprint density at radius 3 is 2.84 bits per heavy atom. The van der Waals surface area contributed by atoms with Crippen molar-refractivity contribution in [1.29, 1.82) is 5.41 Å². The van der Waals surface area contributed by atoms with Gasteiger partial charge in [-0.2, -0.15) is 0 Å². The quantitative estimate of drug-likeness (QED) is 0.616. The minimum absolute atomic E-state index is 0.160. The van der Waals surface area contributed by atoms with Gasteiger partial charge in [0.15, 0.2) is 6.04 Å². The van der Waals surface area contributed by atoms with E-state index in [1.807, 2.05) is 17.5 Å². The van der Waals surface area contributed by atoms with Gasteiger partial charge in [0.05, 0.1) is 12.1 Å². The van der Waals surface area contributed by atoms with E-state index in [1.165, 1.54) is 23.1 Å². The molecule has 0 spiro atoms. The summed E-state index contributed by atoms with van der Waals surface area (Å²) in [5, 5.41) is 21.4. The average molecular weight is 383 g/mol. The number of thioether (sulfide) groups is 1. The van der Waals surface area contributed by atoms with Crippen molar-refractivity contribution in [2.45, 2.75) is 36.2 Å². The van der Waals surface area contributed by atoms with Gasteiger partial charge < -0.3 is 25.5 Å². The third-order valence-electron chi connectivity index (χ3n) is 3.95. The molecule has 0 saturated carbocycles. The molecule has 2 aliphatic heterocycles. The number of hydrogen-bond donors (Lipinski definition) is 3. The molecule has 25 heavy (non-hydrogen) atoms. The Bertz CT molecular complexity index is 708. The van der Waals surface area contributed by atoms with Crippen molar-refractivity contribution in [1.82, 2.24) is 10.2 Å². The monoisotopic (exact) mass is 383 g/mol. The average Bonchev–Trinajstić information content (AvgIpc) is 3.07. The van der Waals surface area contributed by atoms with E-state index in [0.717, 1.165) is 9.78 Å². The molecule has 1 aromatic heterocycles. The lowest BCUT2D eigenvalue weighted by atomic mass is 9.99. The Hall–Kier alpha value is -1.91. The van der Waals surface area contributed by atoms with Crippen LogP contribution >= 0.6 is 23.1 Å². The third-order valence-corrected chi connectivity index (χ3v) is 6.24. The molecule has 2 amide bonds. The Morgan fingerprint density at radius 2 is 2.24 bits per heavy atom. The first kappa shape index (κ1) is 17.9. The van der Waals surface area contributed by atoms with Gasteiger partial charge in [-0.25, -0.2) is 4.79 Å². The van der Waals surface area contributed by atoms with Crippen LogP contribution in [0.25, 0.3) is 0 Å². The lowest BCUT2D eigenvalue weighted by molar-refractivity contribution is -0.159. The second kappa shape index (κ2) is 7.14. The molecule has 3 heterocycles. The number of thiophene rings is 1. The predicted octanol–water partition coefficient (Wildman–Crippen LogP) is 0.526. The molecule has 0 aromatic carbocycles. The number of β-lactam (4-membered cyclic amide) rings is 1. The maximum atomic E-state index is 12.4. The predicted molar refractivity (Wildman–Crippen MR) is 92.7 cm³/mol. The molecule has 134 valence electrons. The van der Waals surface area contributed by atoms with Crippen molar-refractivity contribution < 1.29 is 24.2 Å². The van der Waals surface area contributed by atoms with Crippen molar-refractivity contribution in [2.24, 2.45) is 0 Å². The molecule has 0 aliphatic carbocycles. The van der Waals surface area contributed by atoms with Crippen LogP contribution in [0.5, 0.6) is 0 Å². The van der Waals surface area contributed by atoms with E-state index in [9.17, 15) is 19.5 Å². The fourth-order valence-electron chi connectivity index (χ4n) is 2.84. The summed E-state index contributed by atoms with van der Waals surface area (Å²) in [6, 6.07) is 1.54. The summed E-state index contributed by atoms with van der Waals surface area (Å²) in [6.07, 6.45) is 0.173. The number of amides is 2. The molecule has 2 saturated heterocycles. The summed E-state index contributed by atoms with van der Waals surface area (Å²) in [5.74, 6) is -2.04. The highest BCUT2D eigenvalue weighted by molar-refractivity contribution is 8.01. The standard InChI is InChI=1S/C15H17N3O5S2/c1-2-23-15-9(16)11(14(21)22)18-12(20)10(13(18)25-15)17-8(19)6-7-4-3-5-24-7/h3-5,10-11,13,15-16H,2,6H2,1H3,(H,17,19)(H,21,22)/t10-,11?,13+,15?/m1/s1. The lowest BCUT2D eigenvalue weighted by Crippen LogP contribution is -2.77. The molecular formula is C15H17N3O5S2. The molecule has 10 heteroatoms. The van der Waals surface area contributed by atoms with Crippen LogP contribution in [0.2, 0.25) is 0 Å². The Labute approximate surface area is 152 Å². The summed E-state index contributed by atoms with van der Waals surface area (Å²) >= 11 is 2.63. The summed E-state index contributed by atoms with van der Waals surface area (Å²) in [5.41, 5.74) is -0.899. The molecule has 3 rings (SSSR count). The van der Waals surface area contributed by atoms with E-state index in [1.54, 1.807) is 6.92 Å². The summed E-state index contributed by atoms with van der Waals surface area (Å²) in [6.45, 7) is 2.07. The van der Waals surface area contributed by atoms with E-state index < -0.39 is 34.8 Å². The SMILES string of the molecule is CCOC1S[C@H]2[C@H](NC(=O)Cc3cccs3)C(=O)N2C(C(=O)O)C1=N. The second-order valence-corrected chi connectivity index (χ2v) is 7.77. The first-order valence-electron chi connectivity index (χ1n) is 7.66. The van der Waals surface area contributed by atoms with E-state index in [0.29, 0.717) is 6.61 Å². The highest BCUT2D eigenvalue weighted by atomic mass is 32.2. The summed E-state index contributed by atoms with van der Waals surface area (Å²) in [7, 11) is 0. The van der Waals surface area contributed by atoms with Crippen molar-refractivity contribution in [3.63, 3.8) is 0 Å². The maximum absolute atomic E-state index is 12.4. The molecule has 0 bridgehead atoms. The number of carboxylic acid groups (broad SMARTS) is 1. The first-order valence-corrected chi connectivity index (χ1v) is 9.48. The third kappa shape index (κ3) is 3.29. The molecule has 8 nitrogen and oxygen atoms in total. The normalized spacial score (nSPS) is 28.3. The van der Waals surface area contributed by atoms with Gasteiger partial charge in [-0.05, 0) is 18.4 Å². The Kier molecular flexibility index (Phi) is 5.11. The van der Waals surface area contributed by atoms with Gasteiger partial charge in [-0.3, -0.25) is 9.59 Å². The summed E-state index contributed by atoms with van der Waals surface area (Å²) in [4.78, 5) is 38.0. The highest BCUT2D eigenvalue weighted by Crippen LogP contribution is 2.41. The van der Waals surface area contributed by atoms with Gasteiger partial charge in [0.25, 0.3) is 0 Å². The molecule has 1 aromatic rings. The topological polar surface area (TPSA) is 120 Å². The summed E-state index contributed by atoms with van der Waals surface area (Å²) < 4.78 is 5.43. The molecular weight excluding hydrogens is 366 g/mol. The van der Waals surface area contributed by atoms with Crippen molar-refractivity contribution in [2.75, 3.05) is 6.61 Å². The smallest absolute Gasteiger partial charge is 0.332 e. The number of nitrogens with zero attached hydrogens (tertiary/aromatic N) is 1. The molecule has 4 atom stereocenters. The molecule has 2 aliphatic rings. The van der Waals surface area contributed by atoms with Crippen LogP contribution in [-0.2, 0) is 25.5 Å². The fourth-order valence-corrected chi connectivity index (χ4v) is 4.99. The van der Waals surface area contributed by atoms with Gasteiger partial charge in [-0.1, -0.05) is 17.8 Å². The maximum Gasteiger partial charge on any atom is 0.332 e. The van der Waals surface area contributed by atoms with Crippen molar-refractivity contribution in [3.8, 4) is 0 Å². The highest BCUT2D eigenvalue weighted by Gasteiger charge is 2.59. The van der Waals surface area contributed by atoms with Gasteiger partial charge in [0, 0.05) is 11.5 Å². The van der Waals surface area contributed by atoms with Crippen LogP contribution in [0.1, 0.15) is 11.8 Å². The number of hydrogen-bond acceptors (Lipinski definition) is 7. The van der Waals surface area contributed by atoms with Crippen LogP contribution in [-0.4, -0.2) is 63.0 Å². The number of ether oxygens (including phenoxy) is 1. The number of carbonyl (C=O) groups is 3. The second-order valence-electron chi connectivity index (χ2n) is 5.56. The van der Waals surface area contributed by atoms with E-state index in [4.69, 9.17) is 10.1 Å². The van der Waals surface area contributed by atoms with Gasteiger partial charge >= 0.3 is 5.97 Å². The largest absolute Gasteiger partial charge is 0.479 e. The van der Waals surface area contributed by atoms with Crippen molar-refractivity contribution in [3.05, 3.63) is 22.4 Å². The Morgan fingerprint density at radius 1 is 1.48 bits per heavy atom. The zero-order chi connectivity index (χ0) is 18.1. The first-order chi connectivity index (χ1) is 11.9. The van der Waals surface area contributed by atoms with Gasteiger partial charge in [-0.15, -0.1) is 11.3 Å². The number of aliphatic carboxylic acids is 1. The number of carbonyl (C=O) groups excluding carboxylic acids is 2. The van der Waals surface area contributed by atoms with Crippen LogP contribution in [0.15, 0.2) is 17.5 Å². The van der Waals surface area contributed by atoms with Gasteiger partial charge in [0.1, 0.15) is 16.9 Å². The molecule has 2 unspecified atom stereocenters. The van der Waals surface area contributed by atoms with E-state index in [-0.39, 0.29) is 18.0 Å². The fraction of sp³-hybridized carbons (Fsp3) is 0.467.